The summed E-state index contributed by atoms with van der Waals surface area (Å²) in [6.07, 6.45) is 0.183. The summed E-state index contributed by atoms with van der Waals surface area (Å²) in [6, 6.07) is 3.65. The number of carboxylic acids is 1. The Kier molecular flexibility index (Phi) is 7.93. The first-order valence-electron chi connectivity index (χ1n) is 7.84. The molecule has 0 aliphatic rings. The molecule has 1 aromatic rings. The molecule has 0 heterocycles. The molecule has 0 amide bonds. The van der Waals surface area contributed by atoms with Gasteiger partial charge in [0, 0.05) is 5.54 Å². The number of rotatable bonds is 5. The van der Waals surface area contributed by atoms with Crippen LogP contribution in [0.4, 0.5) is 0 Å². The number of hydrogen-bond acceptors (Lipinski definition) is 5. The van der Waals surface area contributed by atoms with E-state index in [0.717, 1.165) is 0 Å². The van der Waals surface area contributed by atoms with Gasteiger partial charge in [-0.05, 0) is 65.7 Å². The summed E-state index contributed by atoms with van der Waals surface area (Å²) in [4.78, 5) is 23.6. The van der Waals surface area contributed by atoms with Gasteiger partial charge < -0.3 is 14.9 Å². The highest BCUT2D eigenvalue weighted by Gasteiger charge is 2.25. The number of phenols is 1. The normalized spacial score (nSPS) is 12.9. The minimum atomic E-state index is -0.975. The summed E-state index contributed by atoms with van der Waals surface area (Å²) in [5.41, 5.74) is -0.398. The zero-order valence-corrected chi connectivity index (χ0v) is 16.4. The SMILES string of the molecule is CC(C)(C)N[C@@H](Cc1ccc(O)c(C(=O)OC(C)(C)C)c1)C(=O)O.Cl. The number of carbonyl (C=O) groups is 2. The van der Waals surface area contributed by atoms with Crippen LogP contribution in [0.1, 0.15) is 57.5 Å². The predicted octanol–water partition coefficient (Wildman–Crippen LogP) is 3.15. The van der Waals surface area contributed by atoms with Crippen LogP contribution in [0, 0.1) is 0 Å². The van der Waals surface area contributed by atoms with E-state index in [9.17, 15) is 19.8 Å². The van der Waals surface area contributed by atoms with Gasteiger partial charge in [0.05, 0.1) is 0 Å². The molecule has 0 bridgehead atoms. The van der Waals surface area contributed by atoms with E-state index in [-0.39, 0.29) is 35.7 Å². The Bertz CT molecular complexity index is 617. The molecule has 142 valence electrons. The number of nitrogens with one attached hydrogen (secondary N) is 1. The molecule has 0 saturated carbocycles. The summed E-state index contributed by atoms with van der Waals surface area (Å²) in [6.45, 7) is 10.8. The van der Waals surface area contributed by atoms with Gasteiger partial charge in [0.2, 0.25) is 0 Å². The molecule has 0 aliphatic heterocycles. The molecule has 0 fully saturated rings. The first kappa shape index (κ1) is 23.2. The molecule has 0 unspecified atom stereocenters. The number of ether oxygens (including phenoxy) is 1. The highest BCUT2D eigenvalue weighted by Crippen LogP contribution is 2.23. The number of esters is 1. The molecule has 25 heavy (non-hydrogen) atoms. The number of aromatic hydroxyl groups is 1. The first-order chi connectivity index (χ1) is 10.8. The van der Waals surface area contributed by atoms with Crippen LogP contribution in [-0.2, 0) is 16.0 Å². The minimum absolute atomic E-state index is 0. The van der Waals surface area contributed by atoms with Crippen LogP contribution in [0.25, 0.3) is 0 Å². The fourth-order valence-corrected chi connectivity index (χ4v) is 2.17. The third-order valence-electron chi connectivity index (χ3n) is 3.02. The van der Waals surface area contributed by atoms with Crippen molar-refractivity contribution in [3.63, 3.8) is 0 Å². The Morgan fingerprint density at radius 3 is 2.16 bits per heavy atom. The molecule has 0 aromatic heterocycles. The lowest BCUT2D eigenvalue weighted by molar-refractivity contribution is -0.140. The smallest absolute Gasteiger partial charge is 0.342 e. The topological polar surface area (TPSA) is 95.9 Å². The molecule has 1 atom stereocenters. The second-order valence-corrected chi connectivity index (χ2v) is 7.84. The zero-order chi connectivity index (χ0) is 18.7. The average Bonchev–Trinajstić information content (AvgIpc) is 2.36. The molecular weight excluding hydrogens is 346 g/mol. The third kappa shape index (κ3) is 8.23. The molecule has 7 heteroatoms. The number of aliphatic carboxylic acids is 1. The van der Waals surface area contributed by atoms with Crippen molar-refractivity contribution < 1.29 is 24.5 Å². The molecule has 0 saturated heterocycles. The van der Waals surface area contributed by atoms with Crippen molar-refractivity contribution >= 4 is 24.3 Å². The molecular formula is C18H28ClNO5. The van der Waals surface area contributed by atoms with Crippen LogP contribution >= 0.6 is 12.4 Å². The fraction of sp³-hybridized carbons (Fsp3) is 0.556. The first-order valence-corrected chi connectivity index (χ1v) is 7.84. The zero-order valence-electron chi connectivity index (χ0n) is 15.5. The highest BCUT2D eigenvalue weighted by molar-refractivity contribution is 5.93. The van der Waals surface area contributed by atoms with Crippen molar-refractivity contribution in [3.8, 4) is 5.75 Å². The second-order valence-electron chi connectivity index (χ2n) is 7.84. The van der Waals surface area contributed by atoms with Crippen LogP contribution in [0.15, 0.2) is 18.2 Å². The largest absolute Gasteiger partial charge is 0.507 e. The van der Waals surface area contributed by atoms with Gasteiger partial charge in [-0.15, -0.1) is 12.4 Å². The maximum absolute atomic E-state index is 12.2. The number of halogens is 1. The van der Waals surface area contributed by atoms with Crippen LogP contribution in [0.2, 0.25) is 0 Å². The van der Waals surface area contributed by atoms with Crippen molar-refractivity contribution in [1.29, 1.82) is 0 Å². The van der Waals surface area contributed by atoms with Crippen molar-refractivity contribution in [3.05, 3.63) is 29.3 Å². The molecule has 6 nitrogen and oxygen atoms in total. The van der Waals surface area contributed by atoms with Gasteiger partial charge in [-0.3, -0.25) is 10.1 Å². The summed E-state index contributed by atoms with van der Waals surface area (Å²) >= 11 is 0. The van der Waals surface area contributed by atoms with Gasteiger partial charge >= 0.3 is 11.9 Å². The number of phenolic OH excluding ortho intramolecular Hbond substituents is 1. The maximum atomic E-state index is 12.2. The second kappa shape index (κ2) is 8.54. The van der Waals surface area contributed by atoms with Gasteiger partial charge in [-0.2, -0.15) is 0 Å². The van der Waals surface area contributed by atoms with E-state index in [1.54, 1.807) is 26.8 Å². The summed E-state index contributed by atoms with van der Waals surface area (Å²) in [7, 11) is 0. The predicted molar refractivity (Wildman–Crippen MR) is 98.5 cm³/mol. The van der Waals surface area contributed by atoms with Crippen molar-refractivity contribution in [2.75, 3.05) is 0 Å². The van der Waals surface area contributed by atoms with Gasteiger partial charge in [0.1, 0.15) is 23.0 Å². The van der Waals surface area contributed by atoms with Crippen LogP contribution in [0.5, 0.6) is 5.75 Å². The van der Waals surface area contributed by atoms with Gasteiger partial charge in [-0.25, -0.2) is 4.79 Å². The van der Waals surface area contributed by atoms with Crippen molar-refractivity contribution in [1.82, 2.24) is 5.32 Å². The number of hydrogen-bond donors (Lipinski definition) is 3. The fourth-order valence-electron chi connectivity index (χ4n) is 2.17. The maximum Gasteiger partial charge on any atom is 0.342 e. The molecule has 0 spiro atoms. The minimum Gasteiger partial charge on any atom is -0.507 e. The lowest BCUT2D eigenvalue weighted by atomic mass is 9.99. The van der Waals surface area contributed by atoms with E-state index in [0.29, 0.717) is 5.56 Å². The van der Waals surface area contributed by atoms with Crippen molar-refractivity contribution in [2.45, 2.75) is 65.1 Å². The van der Waals surface area contributed by atoms with Gasteiger partial charge in [-0.1, -0.05) is 6.07 Å². The van der Waals surface area contributed by atoms with Crippen LogP contribution in [-0.4, -0.2) is 39.3 Å². The van der Waals surface area contributed by atoms with Crippen molar-refractivity contribution in [2.24, 2.45) is 0 Å². The standard InChI is InChI=1S/C18H27NO5.ClH/c1-17(2,3)19-13(15(21)22)10-11-7-8-14(20)12(9-11)16(23)24-18(4,5)6;/h7-9,13,19-20H,10H2,1-6H3,(H,21,22);1H/t13-;/m0./s1. The molecule has 1 rings (SSSR count). The van der Waals surface area contributed by atoms with E-state index in [1.165, 1.54) is 12.1 Å². The van der Waals surface area contributed by atoms with Gasteiger partial charge in [0.15, 0.2) is 0 Å². The Morgan fingerprint density at radius 1 is 1.16 bits per heavy atom. The monoisotopic (exact) mass is 373 g/mol. The highest BCUT2D eigenvalue weighted by atomic mass is 35.5. The molecule has 1 aromatic carbocycles. The lowest BCUT2D eigenvalue weighted by Crippen LogP contribution is -2.48. The van der Waals surface area contributed by atoms with E-state index in [2.05, 4.69) is 5.32 Å². The molecule has 0 radical (unpaired) electrons. The molecule has 3 N–H and O–H groups in total. The molecule has 0 aliphatic carbocycles. The summed E-state index contributed by atoms with van der Waals surface area (Å²) < 4.78 is 5.26. The lowest BCUT2D eigenvalue weighted by Gasteiger charge is -2.26. The number of carboxylic acid groups (broad SMARTS) is 1. The van der Waals surface area contributed by atoms with E-state index in [4.69, 9.17) is 4.74 Å². The van der Waals surface area contributed by atoms with Gasteiger partial charge in [0.25, 0.3) is 0 Å². The van der Waals surface area contributed by atoms with E-state index >= 15 is 0 Å². The van der Waals surface area contributed by atoms with Crippen LogP contribution in [0.3, 0.4) is 0 Å². The van der Waals surface area contributed by atoms with E-state index in [1.807, 2.05) is 20.8 Å². The third-order valence-corrected chi connectivity index (χ3v) is 3.02. The quantitative estimate of drug-likeness (QED) is 0.686. The van der Waals surface area contributed by atoms with Crippen LogP contribution < -0.4 is 5.32 Å². The summed E-state index contributed by atoms with van der Waals surface area (Å²) in [5.74, 6) is -1.81. The summed E-state index contributed by atoms with van der Waals surface area (Å²) in [5, 5.41) is 22.3. The Labute approximate surface area is 155 Å². The Balaban J connectivity index is 0.00000576. The average molecular weight is 374 g/mol. The number of carbonyl (C=O) groups excluding carboxylic acids is 1. The Hall–Kier alpha value is -1.79. The number of benzene rings is 1. The van der Waals surface area contributed by atoms with E-state index < -0.39 is 23.6 Å². The Morgan fingerprint density at radius 2 is 1.72 bits per heavy atom.